The summed E-state index contributed by atoms with van der Waals surface area (Å²) in [7, 11) is -1.58. The lowest BCUT2D eigenvalue weighted by molar-refractivity contribution is -0.0719. The van der Waals surface area contributed by atoms with Gasteiger partial charge in [0.1, 0.15) is 0 Å². The second-order valence-electron chi connectivity index (χ2n) is 6.23. The Hall–Kier alpha value is -1.46. The number of benzene rings is 1. The standard InChI is InChI=1S/C16H21N3O3S/c1-12-9-14(4-3-13(12)10-17)23(20,21)19-7-8-22-16-5-6-18(2)11-15(16)19/h3-4,9,15-16H,5-8,11H2,1-2H3/t15-,16+/m0/s1. The molecule has 0 aromatic heterocycles. The first-order chi connectivity index (χ1) is 10.9. The molecule has 0 N–H and O–H groups in total. The van der Waals surface area contributed by atoms with Crippen LogP contribution in [0.3, 0.4) is 0 Å². The van der Waals surface area contributed by atoms with Gasteiger partial charge in [0.15, 0.2) is 0 Å². The molecule has 0 spiro atoms. The van der Waals surface area contributed by atoms with Gasteiger partial charge in [-0.05, 0) is 44.2 Å². The Balaban J connectivity index is 1.95. The number of nitriles is 1. The fourth-order valence-corrected chi connectivity index (χ4v) is 5.07. The molecule has 2 fully saturated rings. The molecule has 0 amide bonds. The topological polar surface area (TPSA) is 73.6 Å². The van der Waals surface area contributed by atoms with E-state index in [1.165, 1.54) is 6.07 Å². The monoisotopic (exact) mass is 335 g/mol. The number of rotatable bonds is 2. The molecular weight excluding hydrogens is 314 g/mol. The lowest BCUT2D eigenvalue weighted by atomic mass is 10.0. The van der Waals surface area contributed by atoms with Crippen molar-refractivity contribution in [2.24, 2.45) is 0 Å². The van der Waals surface area contributed by atoms with Crippen LogP contribution in [0.2, 0.25) is 0 Å². The molecule has 2 atom stereocenters. The van der Waals surface area contributed by atoms with Crippen LogP contribution in [0.15, 0.2) is 23.1 Å². The number of likely N-dealkylation sites (N-methyl/N-ethyl adjacent to an activating group) is 1. The van der Waals surface area contributed by atoms with Crippen LogP contribution in [0, 0.1) is 18.3 Å². The van der Waals surface area contributed by atoms with Gasteiger partial charge in [-0.3, -0.25) is 0 Å². The molecule has 7 heteroatoms. The van der Waals surface area contributed by atoms with E-state index in [-0.39, 0.29) is 17.0 Å². The van der Waals surface area contributed by atoms with Gasteiger partial charge >= 0.3 is 0 Å². The summed E-state index contributed by atoms with van der Waals surface area (Å²) in [5.74, 6) is 0. The molecule has 23 heavy (non-hydrogen) atoms. The summed E-state index contributed by atoms with van der Waals surface area (Å²) < 4.78 is 33.5. The Bertz CT molecular complexity index is 741. The molecule has 0 saturated carbocycles. The zero-order valence-corrected chi connectivity index (χ0v) is 14.2. The minimum absolute atomic E-state index is 0.0331. The average Bonchev–Trinajstić information content (AvgIpc) is 2.54. The zero-order valence-electron chi connectivity index (χ0n) is 13.4. The first-order valence-electron chi connectivity index (χ1n) is 7.76. The highest BCUT2D eigenvalue weighted by atomic mass is 32.2. The summed E-state index contributed by atoms with van der Waals surface area (Å²) in [4.78, 5) is 2.39. The van der Waals surface area contributed by atoms with Crippen LogP contribution >= 0.6 is 0 Å². The molecule has 6 nitrogen and oxygen atoms in total. The molecule has 3 rings (SSSR count). The fraction of sp³-hybridized carbons (Fsp3) is 0.562. The number of nitrogens with zero attached hydrogens (tertiary/aromatic N) is 3. The molecule has 2 aliphatic heterocycles. The van der Waals surface area contributed by atoms with Crippen LogP contribution in [-0.2, 0) is 14.8 Å². The summed E-state index contributed by atoms with van der Waals surface area (Å²) in [5.41, 5.74) is 1.18. The number of ether oxygens (including phenoxy) is 1. The van der Waals surface area contributed by atoms with Crippen molar-refractivity contribution in [3.8, 4) is 6.07 Å². The summed E-state index contributed by atoms with van der Waals surface area (Å²) >= 11 is 0. The smallest absolute Gasteiger partial charge is 0.243 e. The number of aryl methyl sites for hydroxylation is 1. The highest BCUT2D eigenvalue weighted by molar-refractivity contribution is 7.89. The van der Waals surface area contributed by atoms with E-state index in [2.05, 4.69) is 11.0 Å². The van der Waals surface area contributed by atoms with Crippen LogP contribution in [0.4, 0.5) is 0 Å². The van der Waals surface area contributed by atoms with Crippen LogP contribution in [0.1, 0.15) is 17.5 Å². The van der Waals surface area contributed by atoms with E-state index >= 15 is 0 Å². The molecule has 1 aromatic carbocycles. The largest absolute Gasteiger partial charge is 0.375 e. The van der Waals surface area contributed by atoms with Crippen LogP contribution in [0.5, 0.6) is 0 Å². The molecule has 0 radical (unpaired) electrons. The second kappa shape index (κ2) is 6.21. The summed E-state index contributed by atoms with van der Waals surface area (Å²) in [6.07, 6.45) is 0.814. The van der Waals surface area contributed by atoms with Gasteiger partial charge in [-0.15, -0.1) is 0 Å². The number of sulfonamides is 1. The molecule has 2 heterocycles. The van der Waals surface area contributed by atoms with Crippen LogP contribution < -0.4 is 0 Å². The summed E-state index contributed by atoms with van der Waals surface area (Å²) in [5, 5.41) is 9.01. The van der Waals surface area contributed by atoms with Gasteiger partial charge in [0.25, 0.3) is 0 Å². The van der Waals surface area contributed by atoms with E-state index in [1.807, 2.05) is 7.05 Å². The fourth-order valence-electron chi connectivity index (χ4n) is 3.35. The molecule has 124 valence electrons. The third kappa shape index (κ3) is 3.00. The molecule has 1 aromatic rings. The number of likely N-dealkylation sites (tertiary alicyclic amines) is 1. The number of piperidine rings is 1. The Morgan fingerprint density at radius 2 is 2.13 bits per heavy atom. The van der Waals surface area contributed by atoms with Crippen molar-refractivity contribution in [2.75, 3.05) is 33.3 Å². The highest BCUT2D eigenvalue weighted by Crippen LogP contribution is 2.28. The van der Waals surface area contributed by atoms with Gasteiger partial charge in [0, 0.05) is 19.6 Å². The van der Waals surface area contributed by atoms with Gasteiger partial charge in [-0.2, -0.15) is 9.57 Å². The van der Waals surface area contributed by atoms with E-state index in [9.17, 15) is 8.42 Å². The molecular formula is C16H21N3O3S. The second-order valence-corrected chi connectivity index (χ2v) is 8.12. The van der Waals surface area contributed by atoms with Gasteiger partial charge in [0.05, 0.1) is 35.3 Å². The maximum atomic E-state index is 13.1. The van der Waals surface area contributed by atoms with Gasteiger partial charge in [-0.1, -0.05) is 0 Å². The number of hydrogen-bond donors (Lipinski definition) is 0. The Labute approximate surface area is 137 Å². The minimum Gasteiger partial charge on any atom is -0.375 e. The van der Waals surface area contributed by atoms with Crippen molar-refractivity contribution in [1.82, 2.24) is 9.21 Å². The predicted molar refractivity (Wildman–Crippen MR) is 85.4 cm³/mol. The summed E-state index contributed by atoms with van der Waals surface area (Å²) in [6.45, 7) is 4.16. The molecule has 2 aliphatic rings. The zero-order chi connectivity index (χ0) is 16.6. The average molecular weight is 335 g/mol. The lowest BCUT2D eigenvalue weighted by Gasteiger charge is -2.45. The lowest BCUT2D eigenvalue weighted by Crippen LogP contribution is -2.60. The van der Waals surface area contributed by atoms with Crippen molar-refractivity contribution in [2.45, 2.75) is 30.4 Å². The van der Waals surface area contributed by atoms with Crippen molar-refractivity contribution >= 4 is 10.0 Å². The third-order valence-corrected chi connectivity index (χ3v) is 6.58. The molecule has 2 saturated heterocycles. The van der Waals surface area contributed by atoms with E-state index < -0.39 is 10.0 Å². The van der Waals surface area contributed by atoms with Gasteiger partial charge in [-0.25, -0.2) is 8.42 Å². The number of morpholine rings is 1. The predicted octanol–water partition coefficient (Wildman–Crippen LogP) is 0.960. The van der Waals surface area contributed by atoms with Crippen molar-refractivity contribution < 1.29 is 13.2 Å². The Kier molecular flexibility index (Phi) is 4.43. The van der Waals surface area contributed by atoms with Crippen LogP contribution in [0.25, 0.3) is 0 Å². The van der Waals surface area contributed by atoms with Crippen LogP contribution in [-0.4, -0.2) is 63.1 Å². The number of fused-ring (bicyclic) bond motifs is 1. The van der Waals surface area contributed by atoms with Crippen molar-refractivity contribution in [3.05, 3.63) is 29.3 Å². The normalized spacial score (nSPS) is 26.5. The SMILES string of the molecule is Cc1cc(S(=O)(=O)N2CCO[C@@H]3CCN(C)C[C@@H]32)ccc1C#N. The van der Waals surface area contributed by atoms with E-state index in [0.29, 0.717) is 30.8 Å². The van der Waals surface area contributed by atoms with Crippen molar-refractivity contribution in [1.29, 1.82) is 5.26 Å². The highest BCUT2D eigenvalue weighted by Gasteiger charge is 2.42. The third-order valence-electron chi connectivity index (χ3n) is 4.66. The molecule has 0 unspecified atom stereocenters. The van der Waals surface area contributed by atoms with Gasteiger partial charge < -0.3 is 9.64 Å². The molecule has 0 bridgehead atoms. The molecule has 0 aliphatic carbocycles. The van der Waals surface area contributed by atoms with E-state index in [0.717, 1.165) is 13.0 Å². The first kappa shape index (κ1) is 16.4. The Morgan fingerprint density at radius 1 is 1.35 bits per heavy atom. The summed E-state index contributed by atoms with van der Waals surface area (Å²) in [6, 6.07) is 6.61. The quantitative estimate of drug-likeness (QED) is 0.805. The number of hydrogen-bond acceptors (Lipinski definition) is 5. The van der Waals surface area contributed by atoms with Gasteiger partial charge in [0.2, 0.25) is 10.0 Å². The maximum absolute atomic E-state index is 13.1. The minimum atomic E-state index is -3.59. The van der Waals surface area contributed by atoms with E-state index in [4.69, 9.17) is 10.00 Å². The van der Waals surface area contributed by atoms with Crippen molar-refractivity contribution in [3.63, 3.8) is 0 Å². The Morgan fingerprint density at radius 3 is 2.83 bits per heavy atom. The maximum Gasteiger partial charge on any atom is 0.243 e. The van der Waals surface area contributed by atoms with E-state index in [1.54, 1.807) is 23.4 Å². The first-order valence-corrected chi connectivity index (χ1v) is 9.20.